The van der Waals surface area contributed by atoms with Crippen LogP contribution in [0.3, 0.4) is 0 Å². The van der Waals surface area contributed by atoms with Crippen molar-refractivity contribution in [2.75, 3.05) is 20.8 Å². The summed E-state index contributed by atoms with van der Waals surface area (Å²) in [6.45, 7) is 7.86. The number of methoxy groups -OCH3 is 2. The van der Waals surface area contributed by atoms with Gasteiger partial charge < -0.3 is 24.3 Å². The molecule has 0 aliphatic heterocycles. The van der Waals surface area contributed by atoms with Crippen LogP contribution in [0.4, 0.5) is 4.79 Å². The summed E-state index contributed by atoms with van der Waals surface area (Å²) in [6.07, 6.45) is 1.39. The Kier molecular flexibility index (Phi) is 8.91. The van der Waals surface area contributed by atoms with Crippen molar-refractivity contribution in [1.29, 1.82) is 0 Å². The van der Waals surface area contributed by atoms with E-state index in [1.807, 2.05) is 12.1 Å². The van der Waals surface area contributed by atoms with Crippen molar-refractivity contribution in [3.63, 3.8) is 0 Å². The first-order valence-electron chi connectivity index (χ1n) is 9.07. The molecule has 1 atom stereocenters. The van der Waals surface area contributed by atoms with Crippen molar-refractivity contribution in [2.24, 2.45) is 0 Å². The Morgan fingerprint density at radius 1 is 1.19 bits per heavy atom. The Balaban J connectivity index is 3.03. The van der Waals surface area contributed by atoms with Gasteiger partial charge in [0.05, 0.1) is 20.8 Å². The highest BCUT2D eigenvalue weighted by molar-refractivity contribution is 5.81. The van der Waals surface area contributed by atoms with Gasteiger partial charge in [0.1, 0.15) is 11.6 Å². The number of alkyl carbamates (subject to hydrolysis) is 1. The van der Waals surface area contributed by atoms with Crippen LogP contribution < -0.4 is 14.8 Å². The molecule has 0 unspecified atom stereocenters. The van der Waals surface area contributed by atoms with Crippen LogP contribution in [-0.4, -0.2) is 44.5 Å². The van der Waals surface area contributed by atoms with Crippen molar-refractivity contribution in [1.82, 2.24) is 5.32 Å². The Morgan fingerprint density at radius 3 is 2.44 bits per heavy atom. The van der Waals surface area contributed by atoms with Gasteiger partial charge in [0.25, 0.3) is 0 Å². The van der Waals surface area contributed by atoms with E-state index in [2.05, 4.69) is 12.2 Å². The van der Waals surface area contributed by atoms with E-state index in [9.17, 15) is 9.59 Å². The molecule has 0 heterocycles. The Morgan fingerprint density at radius 2 is 1.89 bits per heavy atom. The third-order valence-electron chi connectivity index (χ3n) is 3.63. The second-order valence-electron chi connectivity index (χ2n) is 7.08. The van der Waals surface area contributed by atoms with Gasteiger partial charge in [-0.15, -0.1) is 0 Å². The molecule has 1 aromatic carbocycles. The normalized spacial score (nSPS) is 12.1. The number of benzene rings is 1. The molecule has 0 saturated carbocycles. The largest absolute Gasteiger partial charge is 0.493 e. The van der Waals surface area contributed by atoms with Crippen LogP contribution in [-0.2, 0) is 20.7 Å². The molecule has 1 rings (SSSR count). The molecule has 0 radical (unpaired) electrons. The van der Waals surface area contributed by atoms with Gasteiger partial charge in [-0.05, 0) is 33.3 Å². The average Bonchev–Trinajstić information content (AvgIpc) is 2.59. The molecule has 0 saturated heterocycles. The molecular formula is C20H31NO6. The molecule has 0 bridgehead atoms. The van der Waals surface area contributed by atoms with Crippen molar-refractivity contribution >= 4 is 12.1 Å². The zero-order chi connectivity index (χ0) is 20.4. The second-order valence-corrected chi connectivity index (χ2v) is 7.08. The number of ether oxygens (including phenoxy) is 4. The standard InChI is InChI=1S/C20H31NO6/c1-7-8-12-26-17-14(10-9-11-16(17)24-5)13-15(18(22)25-6)21-19(23)27-20(2,3)4/h9-11,15H,7-8,12-13H2,1-6H3,(H,21,23)/t15-/m0/s1. The van der Waals surface area contributed by atoms with E-state index in [1.165, 1.54) is 7.11 Å². The van der Waals surface area contributed by atoms with Gasteiger partial charge in [0, 0.05) is 12.0 Å². The van der Waals surface area contributed by atoms with Crippen LogP contribution in [0, 0.1) is 0 Å². The molecule has 0 aliphatic rings. The van der Waals surface area contributed by atoms with Gasteiger partial charge in [-0.25, -0.2) is 9.59 Å². The molecule has 7 nitrogen and oxygen atoms in total. The SMILES string of the molecule is CCCCOc1c(C[C@H](NC(=O)OC(C)(C)C)C(=O)OC)cccc1OC. The van der Waals surface area contributed by atoms with Gasteiger partial charge >= 0.3 is 12.1 Å². The summed E-state index contributed by atoms with van der Waals surface area (Å²) < 4.78 is 21.3. The first-order valence-corrected chi connectivity index (χ1v) is 9.07. The number of nitrogens with one attached hydrogen (secondary N) is 1. The highest BCUT2D eigenvalue weighted by Gasteiger charge is 2.27. The Hall–Kier alpha value is -2.44. The maximum atomic E-state index is 12.2. The van der Waals surface area contributed by atoms with Crippen LogP contribution >= 0.6 is 0 Å². The monoisotopic (exact) mass is 381 g/mol. The van der Waals surface area contributed by atoms with Gasteiger partial charge in [-0.3, -0.25) is 0 Å². The quantitative estimate of drug-likeness (QED) is 0.521. The van der Waals surface area contributed by atoms with Gasteiger partial charge in [0.15, 0.2) is 11.5 Å². The lowest BCUT2D eigenvalue weighted by atomic mass is 10.0. The smallest absolute Gasteiger partial charge is 0.408 e. The average molecular weight is 381 g/mol. The fraction of sp³-hybridized carbons (Fsp3) is 0.600. The minimum absolute atomic E-state index is 0.185. The molecule has 0 aliphatic carbocycles. The van der Waals surface area contributed by atoms with E-state index < -0.39 is 23.7 Å². The number of hydrogen-bond donors (Lipinski definition) is 1. The van der Waals surface area contributed by atoms with E-state index in [-0.39, 0.29) is 6.42 Å². The van der Waals surface area contributed by atoms with E-state index in [0.717, 1.165) is 18.4 Å². The van der Waals surface area contributed by atoms with Crippen LogP contribution in [0.1, 0.15) is 46.1 Å². The predicted octanol–water partition coefficient (Wildman–Crippen LogP) is 3.48. The number of carbonyl (C=O) groups is 2. The summed E-state index contributed by atoms with van der Waals surface area (Å²) in [4.78, 5) is 24.3. The Bertz CT molecular complexity index is 623. The molecule has 1 aromatic rings. The lowest BCUT2D eigenvalue weighted by Gasteiger charge is -2.23. The van der Waals surface area contributed by atoms with E-state index in [0.29, 0.717) is 18.1 Å². The van der Waals surface area contributed by atoms with Crippen molar-refractivity contribution in [2.45, 2.75) is 58.6 Å². The molecule has 0 aromatic heterocycles. The summed E-state index contributed by atoms with van der Waals surface area (Å²) in [5.41, 5.74) is 0.0618. The minimum atomic E-state index is -0.912. The number of esters is 1. The summed E-state index contributed by atoms with van der Waals surface area (Å²) in [6, 6.07) is 4.52. The van der Waals surface area contributed by atoms with E-state index in [1.54, 1.807) is 33.9 Å². The van der Waals surface area contributed by atoms with Crippen molar-refractivity contribution in [3.8, 4) is 11.5 Å². The third-order valence-corrected chi connectivity index (χ3v) is 3.63. The minimum Gasteiger partial charge on any atom is -0.493 e. The molecule has 1 N–H and O–H groups in total. The fourth-order valence-corrected chi connectivity index (χ4v) is 2.37. The maximum Gasteiger partial charge on any atom is 0.408 e. The van der Waals surface area contributed by atoms with Crippen LogP contribution in [0.25, 0.3) is 0 Å². The van der Waals surface area contributed by atoms with Crippen LogP contribution in [0.2, 0.25) is 0 Å². The number of carbonyl (C=O) groups excluding carboxylic acids is 2. The Labute approximate surface area is 161 Å². The summed E-state index contributed by atoms with van der Waals surface area (Å²) in [7, 11) is 2.83. The number of para-hydroxylation sites is 1. The number of hydrogen-bond acceptors (Lipinski definition) is 6. The highest BCUT2D eigenvalue weighted by atomic mass is 16.6. The summed E-state index contributed by atoms with van der Waals surface area (Å²) in [5.74, 6) is 0.570. The molecule has 0 spiro atoms. The van der Waals surface area contributed by atoms with Gasteiger partial charge in [-0.2, -0.15) is 0 Å². The maximum absolute atomic E-state index is 12.2. The summed E-state index contributed by atoms with van der Waals surface area (Å²) in [5, 5.41) is 2.57. The van der Waals surface area contributed by atoms with Crippen molar-refractivity contribution in [3.05, 3.63) is 23.8 Å². The molecular weight excluding hydrogens is 350 g/mol. The molecule has 1 amide bonds. The molecule has 0 fully saturated rings. The van der Waals surface area contributed by atoms with Crippen molar-refractivity contribution < 1.29 is 28.5 Å². The highest BCUT2D eigenvalue weighted by Crippen LogP contribution is 2.32. The first-order chi connectivity index (χ1) is 12.7. The lowest BCUT2D eigenvalue weighted by molar-refractivity contribution is -0.143. The molecule has 152 valence electrons. The van der Waals surface area contributed by atoms with Crippen LogP contribution in [0.15, 0.2) is 18.2 Å². The van der Waals surface area contributed by atoms with Crippen LogP contribution in [0.5, 0.6) is 11.5 Å². The third kappa shape index (κ3) is 7.76. The topological polar surface area (TPSA) is 83.1 Å². The number of rotatable bonds is 9. The molecule has 7 heteroatoms. The zero-order valence-corrected chi connectivity index (χ0v) is 17.1. The zero-order valence-electron chi connectivity index (χ0n) is 17.1. The number of amides is 1. The summed E-state index contributed by atoms with van der Waals surface area (Å²) >= 11 is 0. The second kappa shape index (κ2) is 10.6. The van der Waals surface area contributed by atoms with E-state index >= 15 is 0 Å². The lowest BCUT2D eigenvalue weighted by Crippen LogP contribution is -2.45. The van der Waals surface area contributed by atoms with E-state index in [4.69, 9.17) is 18.9 Å². The first kappa shape index (κ1) is 22.6. The van der Waals surface area contributed by atoms with Gasteiger partial charge in [-0.1, -0.05) is 25.5 Å². The predicted molar refractivity (Wildman–Crippen MR) is 102 cm³/mol. The fourth-order valence-electron chi connectivity index (χ4n) is 2.37. The van der Waals surface area contributed by atoms with Gasteiger partial charge in [0.2, 0.25) is 0 Å². The molecule has 27 heavy (non-hydrogen) atoms. The number of unbranched alkanes of at least 4 members (excludes halogenated alkanes) is 1.